The molecule has 190 valence electrons. The lowest BCUT2D eigenvalue weighted by Crippen LogP contribution is -2.30. The molecule has 0 N–H and O–H groups in total. The summed E-state index contributed by atoms with van der Waals surface area (Å²) in [6.07, 6.45) is 6.06. The van der Waals surface area contributed by atoms with Gasteiger partial charge in [0, 0.05) is 6.20 Å². The van der Waals surface area contributed by atoms with E-state index in [4.69, 9.17) is 13.9 Å². The first-order chi connectivity index (χ1) is 18.0. The predicted octanol–water partition coefficient (Wildman–Crippen LogP) is 6.21. The smallest absolute Gasteiger partial charge is 0.296 e. The summed E-state index contributed by atoms with van der Waals surface area (Å²) < 4.78 is 17.7. The van der Waals surface area contributed by atoms with Crippen molar-refractivity contribution >= 4 is 22.7 Å². The molecule has 0 spiro atoms. The number of methoxy groups -OCH3 is 1. The van der Waals surface area contributed by atoms with Crippen LogP contribution in [0.2, 0.25) is 0 Å². The van der Waals surface area contributed by atoms with Crippen LogP contribution >= 0.6 is 0 Å². The number of amides is 1. The number of benzene rings is 2. The molecule has 5 rings (SSSR count). The van der Waals surface area contributed by atoms with Crippen LogP contribution in [0.25, 0.3) is 11.0 Å². The van der Waals surface area contributed by atoms with Gasteiger partial charge >= 0.3 is 0 Å². The van der Waals surface area contributed by atoms with Gasteiger partial charge in [-0.3, -0.25) is 14.5 Å². The maximum Gasteiger partial charge on any atom is 0.296 e. The average molecular weight is 499 g/mol. The number of hydrogen-bond acceptors (Lipinski definition) is 6. The van der Waals surface area contributed by atoms with E-state index in [0.29, 0.717) is 46.0 Å². The summed E-state index contributed by atoms with van der Waals surface area (Å²) in [5.74, 6) is 1.23. The first-order valence-electron chi connectivity index (χ1n) is 12.7. The van der Waals surface area contributed by atoms with Crippen molar-refractivity contribution in [2.75, 3.05) is 18.6 Å². The molecule has 1 aliphatic rings. The number of ether oxygens (including phenoxy) is 2. The zero-order chi connectivity index (χ0) is 25.9. The molecule has 0 aliphatic carbocycles. The van der Waals surface area contributed by atoms with Gasteiger partial charge < -0.3 is 13.9 Å². The molecule has 3 heterocycles. The fourth-order valence-electron chi connectivity index (χ4n) is 4.81. The molecule has 0 saturated carbocycles. The van der Waals surface area contributed by atoms with Gasteiger partial charge in [0.15, 0.2) is 16.9 Å². The van der Waals surface area contributed by atoms with Gasteiger partial charge in [-0.05, 0) is 60.9 Å². The number of aromatic nitrogens is 1. The molecule has 0 bridgehead atoms. The topological polar surface area (TPSA) is 81.9 Å². The fraction of sp³-hybridized carbons (Fsp3) is 0.300. The van der Waals surface area contributed by atoms with E-state index in [2.05, 4.69) is 11.9 Å². The monoisotopic (exact) mass is 498 g/mol. The van der Waals surface area contributed by atoms with Gasteiger partial charge in [-0.25, -0.2) is 4.98 Å². The molecule has 1 aliphatic heterocycles. The highest BCUT2D eigenvalue weighted by Crippen LogP contribution is 2.42. The third-order valence-electron chi connectivity index (χ3n) is 6.68. The number of para-hydroxylation sites is 1. The molecule has 0 fully saturated rings. The molecular weight excluding hydrogens is 468 g/mol. The summed E-state index contributed by atoms with van der Waals surface area (Å²) in [5, 5.41) is 0.428. The predicted molar refractivity (Wildman–Crippen MR) is 143 cm³/mol. The van der Waals surface area contributed by atoms with E-state index in [0.717, 1.165) is 24.8 Å². The average Bonchev–Trinajstić information content (AvgIpc) is 3.21. The molecule has 2 aromatic carbocycles. The number of fused-ring (bicyclic) bond motifs is 2. The van der Waals surface area contributed by atoms with E-state index >= 15 is 0 Å². The lowest BCUT2D eigenvalue weighted by molar-refractivity contribution is 0.0970. The van der Waals surface area contributed by atoms with Crippen molar-refractivity contribution in [3.63, 3.8) is 0 Å². The highest BCUT2D eigenvalue weighted by atomic mass is 16.5. The van der Waals surface area contributed by atoms with Crippen molar-refractivity contribution < 1.29 is 18.7 Å². The van der Waals surface area contributed by atoms with Crippen LogP contribution < -0.4 is 19.8 Å². The quantitative estimate of drug-likeness (QED) is 0.255. The van der Waals surface area contributed by atoms with Crippen LogP contribution in [0.1, 0.15) is 65.9 Å². The Labute approximate surface area is 215 Å². The summed E-state index contributed by atoms with van der Waals surface area (Å²) in [7, 11) is 1.58. The van der Waals surface area contributed by atoms with Gasteiger partial charge in [0.05, 0.1) is 30.7 Å². The number of hydrogen-bond donors (Lipinski definition) is 0. The maximum absolute atomic E-state index is 13.7. The van der Waals surface area contributed by atoms with Crippen molar-refractivity contribution in [2.45, 2.75) is 45.6 Å². The molecule has 37 heavy (non-hydrogen) atoms. The van der Waals surface area contributed by atoms with E-state index in [1.54, 1.807) is 37.6 Å². The van der Waals surface area contributed by atoms with Crippen molar-refractivity contribution in [2.24, 2.45) is 0 Å². The lowest BCUT2D eigenvalue weighted by atomic mass is 9.98. The Morgan fingerprint density at radius 2 is 1.84 bits per heavy atom. The van der Waals surface area contributed by atoms with Crippen molar-refractivity contribution in [3.05, 3.63) is 93.5 Å². The van der Waals surface area contributed by atoms with E-state index < -0.39 is 11.9 Å². The Kier molecular flexibility index (Phi) is 6.95. The molecule has 0 unspecified atom stereocenters. The molecular formula is C30H30N2O5. The highest BCUT2D eigenvalue weighted by Gasteiger charge is 2.44. The SMILES string of the molecule is CCCCCCOc1ccc([C@H]2c3c(oc4ccccc4c3=O)C(=O)N2c2cc(C)ccn2)cc1OC. The van der Waals surface area contributed by atoms with E-state index in [1.807, 2.05) is 37.3 Å². The van der Waals surface area contributed by atoms with Crippen LogP contribution in [-0.2, 0) is 0 Å². The Morgan fingerprint density at radius 1 is 1.00 bits per heavy atom. The molecule has 7 heteroatoms. The molecule has 0 radical (unpaired) electrons. The number of nitrogens with zero attached hydrogens (tertiary/aromatic N) is 2. The lowest BCUT2D eigenvalue weighted by Gasteiger charge is -2.25. The standard InChI is InChI=1S/C30H30N2O5/c1-4-5-6-9-16-36-23-13-12-20(18-24(23)35-3)27-26-28(33)21-10-7-8-11-22(21)37-29(26)30(34)32(27)25-17-19(2)14-15-31-25/h7-8,10-15,17-18,27H,4-6,9,16H2,1-3H3/t27-/m0/s1. The molecule has 4 aromatic rings. The van der Waals surface area contributed by atoms with Crippen LogP contribution in [0, 0.1) is 6.92 Å². The minimum atomic E-state index is -0.731. The number of aryl methyl sites for hydroxylation is 1. The van der Waals surface area contributed by atoms with E-state index in [-0.39, 0.29) is 11.2 Å². The summed E-state index contributed by atoms with van der Waals surface area (Å²) in [6.45, 7) is 4.70. The number of rotatable bonds is 9. The molecule has 7 nitrogen and oxygen atoms in total. The number of carbonyl (C=O) groups is 1. The summed E-state index contributed by atoms with van der Waals surface area (Å²) in [6, 6.07) is 15.5. The second-order valence-electron chi connectivity index (χ2n) is 9.26. The zero-order valence-corrected chi connectivity index (χ0v) is 21.3. The molecule has 1 amide bonds. The Balaban J connectivity index is 1.62. The Bertz CT molecular complexity index is 1510. The van der Waals surface area contributed by atoms with Gasteiger partial charge in [0.1, 0.15) is 11.4 Å². The van der Waals surface area contributed by atoms with Gasteiger partial charge in [0.2, 0.25) is 5.76 Å². The zero-order valence-electron chi connectivity index (χ0n) is 21.3. The number of pyridine rings is 1. The van der Waals surface area contributed by atoms with Gasteiger partial charge in [-0.2, -0.15) is 0 Å². The van der Waals surface area contributed by atoms with Crippen LogP contribution in [-0.4, -0.2) is 24.6 Å². The fourth-order valence-corrected chi connectivity index (χ4v) is 4.81. The van der Waals surface area contributed by atoms with Gasteiger partial charge in [-0.15, -0.1) is 0 Å². The normalized spacial score (nSPS) is 14.7. The second kappa shape index (κ2) is 10.5. The third kappa shape index (κ3) is 4.57. The second-order valence-corrected chi connectivity index (χ2v) is 9.26. The van der Waals surface area contributed by atoms with E-state index in [1.165, 1.54) is 11.3 Å². The van der Waals surface area contributed by atoms with Crippen molar-refractivity contribution in [1.29, 1.82) is 0 Å². The largest absolute Gasteiger partial charge is 0.493 e. The van der Waals surface area contributed by atoms with Crippen LogP contribution in [0.4, 0.5) is 5.82 Å². The summed E-state index contributed by atoms with van der Waals surface area (Å²) >= 11 is 0. The number of unbranched alkanes of at least 4 members (excludes halogenated alkanes) is 3. The van der Waals surface area contributed by atoms with Crippen molar-refractivity contribution in [3.8, 4) is 11.5 Å². The Hall–Kier alpha value is -4.13. The molecule has 0 saturated heterocycles. The van der Waals surface area contributed by atoms with Crippen LogP contribution in [0.3, 0.4) is 0 Å². The summed E-state index contributed by atoms with van der Waals surface area (Å²) in [4.78, 5) is 33.5. The van der Waals surface area contributed by atoms with E-state index in [9.17, 15) is 9.59 Å². The van der Waals surface area contributed by atoms with Gasteiger partial charge in [-0.1, -0.05) is 44.4 Å². The third-order valence-corrected chi connectivity index (χ3v) is 6.68. The molecule has 1 atom stereocenters. The first kappa shape index (κ1) is 24.6. The Morgan fingerprint density at radius 3 is 2.62 bits per heavy atom. The van der Waals surface area contributed by atoms with Gasteiger partial charge in [0.25, 0.3) is 5.91 Å². The maximum atomic E-state index is 13.7. The number of anilines is 1. The highest BCUT2D eigenvalue weighted by molar-refractivity contribution is 6.10. The first-order valence-corrected chi connectivity index (χ1v) is 12.7. The number of carbonyl (C=O) groups excluding carboxylic acids is 1. The van der Waals surface area contributed by atoms with Crippen molar-refractivity contribution in [1.82, 2.24) is 4.98 Å². The van der Waals surface area contributed by atoms with Crippen LogP contribution in [0.5, 0.6) is 11.5 Å². The van der Waals surface area contributed by atoms with Crippen LogP contribution in [0.15, 0.2) is 70.0 Å². The molecule has 2 aromatic heterocycles. The summed E-state index contributed by atoms with van der Waals surface area (Å²) in [5.41, 5.74) is 2.08. The minimum Gasteiger partial charge on any atom is -0.493 e. The minimum absolute atomic E-state index is 0.0345.